The van der Waals surface area contributed by atoms with Gasteiger partial charge in [-0.05, 0) is 46.9 Å². The zero-order valence-electron chi connectivity index (χ0n) is 33.5. The van der Waals surface area contributed by atoms with E-state index in [1.165, 1.54) is 12.1 Å². The normalized spacial score (nSPS) is 10.7. The third-order valence-corrected chi connectivity index (χ3v) is 9.56. The standard InChI is InChI=1S/C51H44O10/c1-2-56-42-28-40(50(52)53)44(48(60-33-38-24-14-6-15-25-38)46(42)58-31-36-20-10-4-11-21-36)45-41(51(54)55)29-43(57-30-35-18-8-3-9-19-35)47(59-32-37-22-12-5-13-23-37)49(45)61-34-39-26-16-7-17-27-39/h3-29H,2,30-34H2,1H3,(H,52,53)(H,54,55). The van der Waals surface area contributed by atoms with Crippen molar-refractivity contribution in [3.63, 3.8) is 0 Å². The maximum absolute atomic E-state index is 13.7. The molecule has 61 heavy (non-hydrogen) atoms. The largest absolute Gasteiger partial charge is 0.490 e. The molecule has 0 aromatic heterocycles. The van der Waals surface area contributed by atoms with Crippen LogP contribution in [0, 0.1) is 0 Å². The van der Waals surface area contributed by atoms with Crippen molar-refractivity contribution in [2.24, 2.45) is 0 Å². The van der Waals surface area contributed by atoms with E-state index >= 15 is 0 Å². The summed E-state index contributed by atoms with van der Waals surface area (Å²) < 4.78 is 38.9. The van der Waals surface area contributed by atoms with E-state index in [0.29, 0.717) is 0 Å². The molecule has 0 saturated carbocycles. The molecule has 10 nitrogen and oxygen atoms in total. The van der Waals surface area contributed by atoms with Crippen molar-refractivity contribution < 1.29 is 48.2 Å². The summed E-state index contributed by atoms with van der Waals surface area (Å²) in [6.45, 7) is 1.99. The van der Waals surface area contributed by atoms with Crippen molar-refractivity contribution in [1.82, 2.24) is 0 Å². The van der Waals surface area contributed by atoms with E-state index in [1.54, 1.807) is 6.92 Å². The highest BCUT2D eigenvalue weighted by molar-refractivity contribution is 6.07. The summed E-state index contributed by atoms with van der Waals surface area (Å²) in [4.78, 5) is 27.2. The molecule has 7 aromatic rings. The average Bonchev–Trinajstić information content (AvgIpc) is 3.29. The third kappa shape index (κ3) is 10.5. The van der Waals surface area contributed by atoms with Crippen molar-refractivity contribution in [1.29, 1.82) is 0 Å². The van der Waals surface area contributed by atoms with Gasteiger partial charge in [0, 0.05) is 11.1 Å². The quantitative estimate of drug-likeness (QED) is 0.0767. The molecule has 7 aromatic carbocycles. The summed E-state index contributed by atoms with van der Waals surface area (Å²) in [5, 5.41) is 22.2. The van der Waals surface area contributed by atoms with Gasteiger partial charge >= 0.3 is 11.9 Å². The Morgan fingerprint density at radius 1 is 0.377 bits per heavy atom. The van der Waals surface area contributed by atoms with E-state index in [4.69, 9.17) is 28.4 Å². The minimum absolute atomic E-state index is 0.0357. The molecule has 0 bridgehead atoms. The lowest BCUT2D eigenvalue weighted by Crippen LogP contribution is -2.13. The van der Waals surface area contributed by atoms with Crippen molar-refractivity contribution in [3.05, 3.63) is 203 Å². The maximum Gasteiger partial charge on any atom is 0.336 e. The maximum atomic E-state index is 13.7. The van der Waals surface area contributed by atoms with Crippen molar-refractivity contribution in [2.45, 2.75) is 40.0 Å². The van der Waals surface area contributed by atoms with Crippen LogP contribution >= 0.6 is 0 Å². The summed E-state index contributed by atoms with van der Waals surface area (Å²) >= 11 is 0. The summed E-state index contributed by atoms with van der Waals surface area (Å²) in [7, 11) is 0. The van der Waals surface area contributed by atoms with Gasteiger partial charge in [0.15, 0.2) is 23.0 Å². The smallest absolute Gasteiger partial charge is 0.336 e. The van der Waals surface area contributed by atoms with Crippen molar-refractivity contribution >= 4 is 11.9 Å². The lowest BCUT2D eigenvalue weighted by molar-refractivity contribution is 0.0683. The van der Waals surface area contributed by atoms with Crippen LogP contribution in [0.25, 0.3) is 11.1 Å². The van der Waals surface area contributed by atoms with E-state index in [1.807, 2.05) is 152 Å². The Morgan fingerprint density at radius 3 is 0.918 bits per heavy atom. The number of rotatable bonds is 20. The molecule has 0 atom stereocenters. The first kappa shape index (κ1) is 41.4. The van der Waals surface area contributed by atoms with Gasteiger partial charge in [-0.25, -0.2) is 9.59 Å². The molecule has 308 valence electrons. The predicted octanol–water partition coefficient (Wildman–Crippen LogP) is 11.0. The second-order valence-corrected chi connectivity index (χ2v) is 13.8. The molecular formula is C51H44O10. The molecule has 0 heterocycles. The van der Waals surface area contributed by atoms with E-state index in [9.17, 15) is 19.8 Å². The first-order valence-corrected chi connectivity index (χ1v) is 19.7. The molecule has 0 aliphatic heterocycles. The number of ether oxygens (including phenoxy) is 6. The van der Waals surface area contributed by atoms with E-state index in [-0.39, 0.29) is 96.4 Å². The molecule has 7 rings (SSSR count). The van der Waals surface area contributed by atoms with Crippen LogP contribution in [0.2, 0.25) is 0 Å². The number of hydrogen-bond acceptors (Lipinski definition) is 8. The van der Waals surface area contributed by atoms with Gasteiger partial charge in [-0.15, -0.1) is 0 Å². The van der Waals surface area contributed by atoms with E-state index in [0.717, 1.165) is 27.8 Å². The Bertz CT molecular complexity index is 2530. The van der Waals surface area contributed by atoms with Crippen molar-refractivity contribution in [3.8, 4) is 45.6 Å². The van der Waals surface area contributed by atoms with E-state index in [2.05, 4.69) is 0 Å². The number of carboxylic acids is 2. The summed E-state index contributed by atoms with van der Waals surface area (Å²) in [5.74, 6) is -2.62. The number of aromatic carboxylic acids is 2. The molecule has 0 saturated heterocycles. The monoisotopic (exact) mass is 816 g/mol. The van der Waals surface area contributed by atoms with Crippen LogP contribution in [-0.2, 0) is 33.0 Å². The summed E-state index contributed by atoms with van der Waals surface area (Å²) in [6, 6.07) is 49.5. The minimum atomic E-state index is -1.38. The highest BCUT2D eigenvalue weighted by atomic mass is 16.6. The van der Waals surface area contributed by atoms with Crippen LogP contribution in [0.15, 0.2) is 164 Å². The predicted molar refractivity (Wildman–Crippen MR) is 231 cm³/mol. The number of benzene rings is 7. The van der Waals surface area contributed by atoms with Gasteiger partial charge in [-0.1, -0.05) is 152 Å². The lowest BCUT2D eigenvalue weighted by atomic mass is 9.91. The molecule has 0 aliphatic carbocycles. The molecule has 0 fully saturated rings. The number of hydrogen-bond donors (Lipinski definition) is 2. The van der Waals surface area contributed by atoms with Gasteiger partial charge in [0.1, 0.15) is 33.0 Å². The Morgan fingerprint density at radius 2 is 0.639 bits per heavy atom. The highest BCUT2D eigenvalue weighted by Gasteiger charge is 2.35. The molecule has 0 aliphatic rings. The Kier molecular flexibility index (Phi) is 13.8. The van der Waals surface area contributed by atoms with Crippen LogP contribution in [0.1, 0.15) is 55.5 Å². The van der Waals surface area contributed by atoms with Gasteiger partial charge in [-0.2, -0.15) is 0 Å². The average molecular weight is 817 g/mol. The molecule has 0 amide bonds. The van der Waals surface area contributed by atoms with Crippen LogP contribution in [0.5, 0.6) is 34.5 Å². The van der Waals surface area contributed by atoms with Crippen LogP contribution in [0.4, 0.5) is 0 Å². The SMILES string of the molecule is CCOc1cc(C(=O)O)c(-c2c(C(=O)O)cc(OCc3ccccc3)c(OCc3ccccc3)c2OCc2ccccc2)c(OCc2ccccc2)c1OCc1ccccc1. The van der Waals surface area contributed by atoms with Gasteiger partial charge < -0.3 is 38.6 Å². The molecular weight excluding hydrogens is 773 g/mol. The summed E-state index contributed by atoms with van der Waals surface area (Å²) in [5.41, 5.74) is 3.08. The number of carbonyl (C=O) groups is 2. The first-order valence-electron chi connectivity index (χ1n) is 19.7. The van der Waals surface area contributed by atoms with E-state index < -0.39 is 11.9 Å². The second kappa shape index (κ2) is 20.3. The van der Waals surface area contributed by atoms with Gasteiger partial charge in [-0.3, -0.25) is 0 Å². The Hall–Kier alpha value is -7.72. The fraction of sp³-hybridized carbons (Fsp3) is 0.137. The third-order valence-electron chi connectivity index (χ3n) is 9.56. The topological polar surface area (TPSA) is 130 Å². The van der Waals surface area contributed by atoms with Crippen LogP contribution < -0.4 is 28.4 Å². The molecule has 0 spiro atoms. The second-order valence-electron chi connectivity index (χ2n) is 13.8. The Labute approximate surface area is 354 Å². The fourth-order valence-electron chi connectivity index (χ4n) is 6.64. The molecule has 0 unspecified atom stereocenters. The zero-order chi connectivity index (χ0) is 42.4. The molecule has 2 N–H and O–H groups in total. The summed E-state index contributed by atoms with van der Waals surface area (Å²) in [6.07, 6.45) is 0. The van der Waals surface area contributed by atoms with Gasteiger partial charge in [0.25, 0.3) is 0 Å². The van der Waals surface area contributed by atoms with Gasteiger partial charge in [0.05, 0.1) is 17.7 Å². The Balaban J connectivity index is 1.53. The van der Waals surface area contributed by atoms with Crippen LogP contribution in [0.3, 0.4) is 0 Å². The first-order chi connectivity index (χ1) is 29.9. The lowest BCUT2D eigenvalue weighted by Gasteiger charge is -2.26. The zero-order valence-corrected chi connectivity index (χ0v) is 33.5. The van der Waals surface area contributed by atoms with Crippen molar-refractivity contribution in [2.75, 3.05) is 6.61 Å². The number of carboxylic acid groups (broad SMARTS) is 2. The van der Waals surface area contributed by atoms with Crippen LogP contribution in [-0.4, -0.2) is 28.8 Å². The van der Waals surface area contributed by atoms with Gasteiger partial charge in [0.2, 0.25) is 11.5 Å². The fourth-order valence-corrected chi connectivity index (χ4v) is 6.64. The minimum Gasteiger partial charge on any atom is -0.490 e. The highest BCUT2D eigenvalue weighted by Crippen LogP contribution is 2.55. The molecule has 10 heteroatoms. The molecule has 0 radical (unpaired) electrons.